The molecular weight excluding hydrogens is 334 g/mol. The number of amides is 1. The second kappa shape index (κ2) is 5.85. The van der Waals surface area contributed by atoms with Crippen molar-refractivity contribution in [2.45, 2.75) is 0 Å². The zero-order chi connectivity index (χ0) is 17.3. The van der Waals surface area contributed by atoms with Crippen molar-refractivity contribution in [3.05, 3.63) is 58.6 Å². The first-order chi connectivity index (χ1) is 11.3. The number of oxazole rings is 1. The van der Waals surface area contributed by atoms with Gasteiger partial charge in [-0.1, -0.05) is 12.1 Å². The monoisotopic (exact) mass is 347 g/mol. The van der Waals surface area contributed by atoms with E-state index in [9.17, 15) is 18.0 Å². The molecule has 0 unspecified atom stereocenters. The maximum absolute atomic E-state index is 12.4. The Labute approximate surface area is 136 Å². The SMILES string of the molecule is CS(=O)(=O)Nc1ccccc1C(=O)Nc1ccc2oc(=O)[nH]c2c1. The summed E-state index contributed by atoms with van der Waals surface area (Å²) >= 11 is 0. The molecule has 0 saturated heterocycles. The van der Waals surface area contributed by atoms with Crippen LogP contribution in [0.5, 0.6) is 0 Å². The molecule has 3 N–H and O–H groups in total. The fourth-order valence-electron chi connectivity index (χ4n) is 2.20. The zero-order valence-corrected chi connectivity index (χ0v) is 13.3. The van der Waals surface area contributed by atoms with Crippen molar-refractivity contribution in [2.24, 2.45) is 0 Å². The summed E-state index contributed by atoms with van der Waals surface area (Å²) in [6.45, 7) is 0. The Morgan fingerprint density at radius 2 is 1.92 bits per heavy atom. The number of fused-ring (bicyclic) bond motifs is 1. The van der Waals surface area contributed by atoms with E-state index in [0.29, 0.717) is 16.8 Å². The summed E-state index contributed by atoms with van der Waals surface area (Å²) in [6, 6.07) is 10.9. The average molecular weight is 347 g/mol. The lowest BCUT2D eigenvalue weighted by Gasteiger charge is -2.11. The number of aromatic amines is 1. The Kier molecular flexibility index (Phi) is 3.86. The van der Waals surface area contributed by atoms with Crippen LogP contribution in [0.3, 0.4) is 0 Å². The van der Waals surface area contributed by atoms with Crippen LogP contribution in [0.15, 0.2) is 51.7 Å². The van der Waals surface area contributed by atoms with Crippen molar-refractivity contribution in [2.75, 3.05) is 16.3 Å². The van der Waals surface area contributed by atoms with Gasteiger partial charge in [0.1, 0.15) is 0 Å². The Hall–Kier alpha value is -3.07. The van der Waals surface area contributed by atoms with Gasteiger partial charge in [-0.25, -0.2) is 13.2 Å². The lowest BCUT2D eigenvalue weighted by atomic mass is 10.1. The van der Waals surface area contributed by atoms with Gasteiger partial charge in [-0.3, -0.25) is 14.5 Å². The quantitative estimate of drug-likeness (QED) is 0.664. The van der Waals surface area contributed by atoms with E-state index < -0.39 is 21.7 Å². The summed E-state index contributed by atoms with van der Waals surface area (Å²) in [5, 5.41) is 2.65. The minimum atomic E-state index is -3.51. The normalized spacial score (nSPS) is 11.4. The lowest BCUT2D eigenvalue weighted by Crippen LogP contribution is -2.17. The Bertz CT molecular complexity index is 1080. The maximum Gasteiger partial charge on any atom is 0.417 e. The first-order valence-electron chi connectivity index (χ1n) is 6.83. The molecule has 1 aromatic heterocycles. The van der Waals surface area contributed by atoms with Gasteiger partial charge in [0, 0.05) is 5.69 Å². The molecule has 124 valence electrons. The summed E-state index contributed by atoms with van der Waals surface area (Å²) in [7, 11) is -3.51. The van der Waals surface area contributed by atoms with Gasteiger partial charge in [0.25, 0.3) is 5.91 Å². The number of H-pyrrole nitrogens is 1. The molecule has 1 heterocycles. The van der Waals surface area contributed by atoms with Crippen LogP contribution in [0, 0.1) is 0 Å². The smallest absolute Gasteiger partial charge is 0.408 e. The van der Waals surface area contributed by atoms with E-state index in [1.54, 1.807) is 30.3 Å². The number of carbonyl (C=O) groups excluding carboxylic acids is 1. The molecule has 3 rings (SSSR count). The fraction of sp³-hybridized carbons (Fsp3) is 0.0667. The fourth-order valence-corrected chi connectivity index (χ4v) is 2.78. The van der Waals surface area contributed by atoms with E-state index in [0.717, 1.165) is 6.26 Å². The van der Waals surface area contributed by atoms with Crippen LogP contribution in [-0.4, -0.2) is 25.6 Å². The van der Waals surface area contributed by atoms with E-state index in [-0.39, 0.29) is 11.3 Å². The van der Waals surface area contributed by atoms with E-state index >= 15 is 0 Å². The molecule has 0 radical (unpaired) electrons. The first-order valence-corrected chi connectivity index (χ1v) is 8.72. The maximum atomic E-state index is 12.4. The summed E-state index contributed by atoms with van der Waals surface area (Å²) in [6.07, 6.45) is 1.00. The zero-order valence-electron chi connectivity index (χ0n) is 12.5. The number of anilines is 2. The van der Waals surface area contributed by atoms with Crippen LogP contribution in [0.4, 0.5) is 11.4 Å². The number of nitrogens with one attached hydrogen (secondary N) is 3. The van der Waals surface area contributed by atoms with Crippen molar-refractivity contribution in [1.82, 2.24) is 4.98 Å². The number of hydrogen-bond acceptors (Lipinski definition) is 5. The van der Waals surface area contributed by atoms with Crippen LogP contribution in [0.25, 0.3) is 11.1 Å². The molecule has 1 amide bonds. The summed E-state index contributed by atoms with van der Waals surface area (Å²) in [5.74, 6) is -1.08. The standard InChI is InChI=1S/C15H13N3O5S/c1-24(21,22)18-11-5-3-2-4-10(11)14(19)16-9-6-7-13-12(8-9)17-15(20)23-13/h2-8,18H,1H3,(H,16,19)(H,17,20). The molecule has 8 nitrogen and oxygen atoms in total. The van der Waals surface area contributed by atoms with E-state index in [1.165, 1.54) is 12.1 Å². The summed E-state index contributed by atoms with van der Waals surface area (Å²) < 4.78 is 30.0. The molecule has 9 heteroatoms. The highest BCUT2D eigenvalue weighted by Gasteiger charge is 2.14. The Morgan fingerprint density at radius 3 is 2.67 bits per heavy atom. The van der Waals surface area contributed by atoms with Gasteiger partial charge in [0.15, 0.2) is 5.58 Å². The number of aromatic nitrogens is 1. The Balaban J connectivity index is 1.90. The highest BCUT2D eigenvalue weighted by Crippen LogP contribution is 2.20. The third-order valence-electron chi connectivity index (χ3n) is 3.14. The number of benzene rings is 2. The molecule has 0 atom stereocenters. The van der Waals surface area contributed by atoms with Crippen LogP contribution in [0.1, 0.15) is 10.4 Å². The molecule has 0 fully saturated rings. The predicted octanol–water partition coefficient (Wildman–Crippen LogP) is 1.74. The molecule has 2 aromatic carbocycles. The second-order valence-corrected chi connectivity index (χ2v) is 6.85. The topological polar surface area (TPSA) is 121 Å². The highest BCUT2D eigenvalue weighted by atomic mass is 32.2. The predicted molar refractivity (Wildman–Crippen MR) is 89.7 cm³/mol. The number of rotatable bonds is 4. The van der Waals surface area contributed by atoms with Gasteiger partial charge in [-0.2, -0.15) is 0 Å². The molecule has 0 saturated carbocycles. The summed E-state index contributed by atoms with van der Waals surface area (Å²) in [4.78, 5) is 26.1. The van der Waals surface area contributed by atoms with Gasteiger partial charge < -0.3 is 9.73 Å². The third kappa shape index (κ3) is 3.46. The van der Waals surface area contributed by atoms with Crippen LogP contribution < -0.4 is 15.8 Å². The van der Waals surface area contributed by atoms with Gasteiger partial charge in [0.2, 0.25) is 10.0 Å². The van der Waals surface area contributed by atoms with Gasteiger partial charge in [-0.05, 0) is 30.3 Å². The van der Waals surface area contributed by atoms with E-state index in [1.807, 2.05) is 0 Å². The van der Waals surface area contributed by atoms with Crippen LogP contribution >= 0.6 is 0 Å². The van der Waals surface area contributed by atoms with Crippen LogP contribution in [0.2, 0.25) is 0 Å². The average Bonchev–Trinajstić information content (AvgIpc) is 2.85. The van der Waals surface area contributed by atoms with Crippen molar-refractivity contribution in [3.8, 4) is 0 Å². The number of sulfonamides is 1. The number of para-hydroxylation sites is 1. The van der Waals surface area contributed by atoms with E-state index in [2.05, 4.69) is 15.0 Å². The van der Waals surface area contributed by atoms with Gasteiger partial charge in [-0.15, -0.1) is 0 Å². The highest BCUT2D eigenvalue weighted by molar-refractivity contribution is 7.92. The second-order valence-electron chi connectivity index (χ2n) is 5.10. The molecule has 0 bridgehead atoms. The van der Waals surface area contributed by atoms with Crippen molar-refractivity contribution < 1.29 is 17.6 Å². The lowest BCUT2D eigenvalue weighted by molar-refractivity contribution is 0.102. The van der Waals surface area contributed by atoms with E-state index in [4.69, 9.17) is 4.42 Å². The third-order valence-corrected chi connectivity index (χ3v) is 3.73. The first kappa shape index (κ1) is 15.8. The van der Waals surface area contributed by atoms with Gasteiger partial charge >= 0.3 is 5.76 Å². The van der Waals surface area contributed by atoms with Crippen LogP contribution in [-0.2, 0) is 10.0 Å². The Morgan fingerprint density at radius 1 is 1.17 bits per heavy atom. The molecule has 0 spiro atoms. The molecule has 0 aliphatic rings. The molecular formula is C15H13N3O5S. The molecule has 3 aromatic rings. The van der Waals surface area contributed by atoms with Crippen molar-refractivity contribution in [1.29, 1.82) is 0 Å². The van der Waals surface area contributed by atoms with Crippen molar-refractivity contribution in [3.63, 3.8) is 0 Å². The number of hydrogen-bond donors (Lipinski definition) is 3. The molecule has 24 heavy (non-hydrogen) atoms. The molecule has 0 aliphatic carbocycles. The largest absolute Gasteiger partial charge is 0.417 e. The number of carbonyl (C=O) groups is 1. The summed E-state index contributed by atoms with van der Waals surface area (Å²) in [5.41, 5.74) is 1.59. The van der Waals surface area contributed by atoms with Gasteiger partial charge in [0.05, 0.1) is 23.0 Å². The minimum absolute atomic E-state index is 0.170. The van der Waals surface area contributed by atoms with Crippen molar-refractivity contribution >= 4 is 38.4 Å². The minimum Gasteiger partial charge on any atom is -0.408 e. The molecule has 0 aliphatic heterocycles.